The lowest BCUT2D eigenvalue weighted by Gasteiger charge is -2.29. The van der Waals surface area contributed by atoms with Gasteiger partial charge in [-0.1, -0.05) is 23.3 Å². The van der Waals surface area contributed by atoms with Gasteiger partial charge in [0.2, 0.25) is 5.95 Å². The van der Waals surface area contributed by atoms with Crippen molar-refractivity contribution in [2.45, 2.75) is 13.0 Å². The summed E-state index contributed by atoms with van der Waals surface area (Å²) in [7, 11) is 3.16. The first kappa shape index (κ1) is 18.5. The van der Waals surface area contributed by atoms with Gasteiger partial charge in [-0.05, 0) is 47.7 Å². The predicted octanol–water partition coefficient (Wildman–Crippen LogP) is 2.62. The molecule has 2 N–H and O–H groups in total. The summed E-state index contributed by atoms with van der Waals surface area (Å²) < 4.78 is 12.5. The predicted molar refractivity (Wildman–Crippen MR) is 107 cm³/mol. The first-order valence-corrected chi connectivity index (χ1v) is 8.96. The Kier molecular flexibility index (Phi) is 4.86. The third kappa shape index (κ3) is 3.38. The fourth-order valence-electron chi connectivity index (χ4n) is 3.37. The first-order valence-electron chi connectivity index (χ1n) is 8.96. The Morgan fingerprint density at radius 3 is 2.66 bits per heavy atom. The summed E-state index contributed by atoms with van der Waals surface area (Å²) in [6, 6.07) is 14.1. The number of aromatic nitrogens is 4. The lowest BCUT2D eigenvalue weighted by molar-refractivity contribution is -0.113. The van der Waals surface area contributed by atoms with E-state index in [-0.39, 0.29) is 5.91 Å². The van der Waals surface area contributed by atoms with Gasteiger partial charge in [0, 0.05) is 16.9 Å². The third-order valence-electron chi connectivity index (χ3n) is 4.72. The highest BCUT2D eigenvalue weighted by atomic mass is 16.5. The lowest BCUT2D eigenvalue weighted by atomic mass is 9.94. The molecule has 29 heavy (non-hydrogen) atoms. The fraction of sp³-hybridized carbons (Fsp3) is 0.200. The van der Waals surface area contributed by atoms with Crippen molar-refractivity contribution in [3.8, 4) is 11.5 Å². The lowest BCUT2D eigenvalue weighted by Crippen LogP contribution is -2.31. The Balaban J connectivity index is 1.84. The second-order valence-corrected chi connectivity index (χ2v) is 6.44. The van der Waals surface area contributed by atoms with E-state index in [0.717, 1.165) is 0 Å². The number of nitrogens with zero attached hydrogens (tertiary/aromatic N) is 4. The van der Waals surface area contributed by atoms with Gasteiger partial charge in [0.15, 0.2) is 0 Å². The van der Waals surface area contributed by atoms with Gasteiger partial charge in [-0.2, -0.15) is 4.68 Å². The van der Waals surface area contributed by atoms with Crippen molar-refractivity contribution in [2.24, 2.45) is 0 Å². The molecule has 0 bridgehead atoms. The van der Waals surface area contributed by atoms with Gasteiger partial charge in [-0.3, -0.25) is 4.79 Å². The summed E-state index contributed by atoms with van der Waals surface area (Å²) in [5.74, 6) is 1.40. The number of tetrazole rings is 1. The highest BCUT2D eigenvalue weighted by Gasteiger charge is 2.36. The largest absolute Gasteiger partial charge is 0.497 e. The number of benzene rings is 2. The first-order chi connectivity index (χ1) is 14.1. The number of hydrogen-bond donors (Lipinski definition) is 2. The maximum Gasteiger partial charge on any atom is 0.255 e. The van der Waals surface area contributed by atoms with Crippen LogP contribution in [0.4, 0.5) is 11.6 Å². The molecular formula is C20H20N6O3. The van der Waals surface area contributed by atoms with E-state index in [4.69, 9.17) is 9.47 Å². The van der Waals surface area contributed by atoms with Gasteiger partial charge in [0.25, 0.3) is 5.91 Å². The van der Waals surface area contributed by atoms with E-state index in [1.54, 1.807) is 31.0 Å². The number of rotatable bonds is 5. The van der Waals surface area contributed by atoms with Crippen molar-refractivity contribution in [1.82, 2.24) is 20.2 Å². The molecule has 1 aliphatic rings. The number of carbonyl (C=O) groups is 1. The topological polar surface area (TPSA) is 103 Å². The number of anilines is 2. The summed E-state index contributed by atoms with van der Waals surface area (Å²) in [4.78, 5) is 13.3. The minimum Gasteiger partial charge on any atom is -0.497 e. The van der Waals surface area contributed by atoms with Gasteiger partial charge in [-0.15, -0.1) is 0 Å². The Bertz CT molecular complexity index is 1080. The summed E-state index contributed by atoms with van der Waals surface area (Å²) >= 11 is 0. The van der Waals surface area contributed by atoms with Crippen LogP contribution in [0.25, 0.3) is 0 Å². The van der Waals surface area contributed by atoms with E-state index in [1.165, 1.54) is 0 Å². The number of allylic oxidation sites excluding steroid dienone is 1. The molecule has 0 fully saturated rings. The standard InChI is InChI=1S/C20H20N6O3/c1-12-17(19(27)22-13-7-5-4-6-8-13)18(26-20(21-12)23-24-25-26)15-11-14(28-2)9-10-16(15)29-3/h4-11,18H,1-3H3,(H,22,27)(H,21,23,25). The molecule has 3 aromatic rings. The van der Waals surface area contributed by atoms with Gasteiger partial charge in [0.05, 0.1) is 19.8 Å². The van der Waals surface area contributed by atoms with Crippen LogP contribution in [0.1, 0.15) is 18.5 Å². The molecule has 1 unspecified atom stereocenters. The van der Waals surface area contributed by atoms with Crippen LogP contribution >= 0.6 is 0 Å². The van der Waals surface area contributed by atoms with Crippen LogP contribution in [-0.4, -0.2) is 40.3 Å². The molecule has 0 aliphatic carbocycles. The van der Waals surface area contributed by atoms with Crippen LogP contribution in [0.3, 0.4) is 0 Å². The number of carbonyl (C=O) groups excluding carboxylic acids is 1. The summed E-state index contributed by atoms with van der Waals surface area (Å²) in [5.41, 5.74) is 2.52. The van der Waals surface area contributed by atoms with Crippen LogP contribution in [-0.2, 0) is 4.79 Å². The Hall–Kier alpha value is -3.88. The molecule has 0 spiro atoms. The minimum atomic E-state index is -0.602. The number of fused-ring (bicyclic) bond motifs is 1. The van der Waals surface area contributed by atoms with Crippen LogP contribution in [0.15, 0.2) is 59.8 Å². The summed E-state index contributed by atoms with van der Waals surface area (Å²) in [6.07, 6.45) is 0. The van der Waals surface area contributed by atoms with Crippen molar-refractivity contribution >= 4 is 17.5 Å². The minimum absolute atomic E-state index is 0.266. The van der Waals surface area contributed by atoms with Crippen molar-refractivity contribution < 1.29 is 14.3 Å². The molecule has 148 valence electrons. The molecule has 2 aromatic carbocycles. The van der Waals surface area contributed by atoms with Gasteiger partial charge in [-0.25, -0.2) is 0 Å². The molecule has 0 saturated carbocycles. The van der Waals surface area contributed by atoms with Gasteiger partial charge in [0.1, 0.15) is 17.5 Å². The smallest absolute Gasteiger partial charge is 0.255 e. The maximum atomic E-state index is 13.3. The van der Waals surface area contributed by atoms with Crippen LogP contribution in [0.5, 0.6) is 11.5 Å². The molecule has 4 rings (SSSR count). The average Bonchev–Trinajstić information content (AvgIpc) is 3.20. The Morgan fingerprint density at radius 2 is 1.93 bits per heavy atom. The van der Waals surface area contributed by atoms with Crippen LogP contribution in [0, 0.1) is 0 Å². The van der Waals surface area contributed by atoms with E-state index < -0.39 is 6.04 Å². The van der Waals surface area contributed by atoms with Gasteiger partial charge >= 0.3 is 0 Å². The molecule has 1 aromatic heterocycles. The Labute approximate surface area is 167 Å². The zero-order valence-electron chi connectivity index (χ0n) is 16.2. The molecule has 1 aliphatic heterocycles. The molecule has 9 nitrogen and oxygen atoms in total. The number of ether oxygens (including phenoxy) is 2. The van der Waals surface area contributed by atoms with Crippen molar-refractivity contribution in [3.63, 3.8) is 0 Å². The number of methoxy groups -OCH3 is 2. The van der Waals surface area contributed by atoms with Crippen molar-refractivity contribution in [3.05, 3.63) is 65.4 Å². The quantitative estimate of drug-likeness (QED) is 0.688. The van der Waals surface area contributed by atoms with Crippen LogP contribution in [0.2, 0.25) is 0 Å². The molecule has 0 radical (unpaired) electrons. The number of hydrogen-bond acceptors (Lipinski definition) is 7. The molecule has 1 atom stereocenters. The molecular weight excluding hydrogens is 372 g/mol. The van der Waals surface area contributed by atoms with Crippen molar-refractivity contribution in [2.75, 3.05) is 24.9 Å². The number of amides is 1. The molecule has 2 heterocycles. The zero-order chi connectivity index (χ0) is 20.4. The van der Waals surface area contributed by atoms with E-state index >= 15 is 0 Å². The summed E-state index contributed by atoms with van der Waals surface area (Å²) in [5, 5.41) is 17.9. The van der Waals surface area contributed by atoms with E-state index in [0.29, 0.717) is 40.0 Å². The van der Waals surface area contributed by atoms with Gasteiger partial charge < -0.3 is 20.1 Å². The molecule has 1 amide bonds. The second kappa shape index (κ2) is 7.63. The van der Waals surface area contributed by atoms with Crippen LogP contribution < -0.4 is 20.1 Å². The SMILES string of the molecule is COc1ccc(OC)c(C2C(C(=O)Nc3ccccc3)=C(C)Nc3nnnn32)c1. The molecule has 9 heteroatoms. The normalized spacial score (nSPS) is 15.3. The van der Waals surface area contributed by atoms with E-state index in [9.17, 15) is 4.79 Å². The highest BCUT2D eigenvalue weighted by molar-refractivity contribution is 6.06. The number of para-hydroxylation sites is 1. The fourth-order valence-corrected chi connectivity index (χ4v) is 3.37. The van der Waals surface area contributed by atoms with E-state index in [1.807, 2.05) is 43.3 Å². The molecule has 0 saturated heterocycles. The Morgan fingerprint density at radius 1 is 1.14 bits per heavy atom. The second-order valence-electron chi connectivity index (χ2n) is 6.44. The van der Waals surface area contributed by atoms with E-state index in [2.05, 4.69) is 26.2 Å². The highest BCUT2D eigenvalue weighted by Crippen LogP contribution is 2.40. The third-order valence-corrected chi connectivity index (χ3v) is 4.72. The zero-order valence-corrected chi connectivity index (χ0v) is 16.2. The number of nitrogens with one attached hydrogen (secondary N) is 2. The van der Waals surface area contributed by atoms with Crippen molar-refractivity contribution in [1.29, 1.82) is 0 Å². The monoisotopic (exact) mass is 392 g/mol. The maximum absolute atomic E-state index is 13.3. The summed E-state index contributed by atoms with van der Waals surface area (Å²) in [6.45, 7) is 1.82. The average molecular weight is 392 g/mol.